The van der Waals surface area contributed by atoms with Crippen LogP contribution in [0.4, 0.5) is 14.5 Å². The van der Waals surface area contributed by atoms with Crippen molar-refractivity contribution in [3.05, 3.63) is 39.2 Å². The number of hydrogen-bond donors (Lipinski definition) is 1. The molecule has 0 aliphatic rings. The van der Waals surface area contributed by atoms with Crippen LogP contribution in [-0.2, 0) is 0 Å². The van der Waals surface area contributed by atoms with Gasteiger partial charge in [-0.25, -0.2) is 8.78 Å². The summed E-state index contributed by atoms with van der Waals surface area (Å²) in [6.07, 6.45) is 0. The highest BCUT2D eigenvalue weighted by Gasteiger charge is 2.19. The molecule has 0 radical (unpaired) electrons. The first kappa shape index (κ1) is 14.2. The Bertz CT molecular complexity index is 831. The Labute approximate surface area is 130 Å². The molecule has 0 saturated heterocycles. The van der Waals surface area contributed by atoms with Gasteiger partial charge in [0.05, 0.1) is 10.2 Å². The molecule has 2 heterocycles. The van der Waals surface area contributed by atoms with Crippen LogP contribution in [0.15, 0.2) is 26.5 Å². The van der Waals surface area contributed by atoms with Crippen LogP contribution in [0.2, 0.25) is 0 Å². The summed E-state index contributed by atoms with van der Waals surface area (Å²) in [5.41, 5.74) is 7.71. The normalized spacial score (nSPS) is 11.0. The number of nitrogen functional groups attached to an aromatic ring is 1. The number of aryl methyl sites for hydroxylation is 1. The molecule has 0 spiro atoms. The van der Waals surface area contributed by atoms with Crippen molar-refractivity contribution in [2.24, 2.45) is 0 Å². The maximum atomic E-state index is 13.5. The van der Waals surface area contributed by atoms with Crippen LogP contribution in [-0.4, -0.2) is 10.1 Å². The van der Waals surface area contributed by atoms with Crippen molar-refractivity contribution >= 4 is 33.0 Å². The monoisotopic (exact) mass is 371 g/mol. The van der Waals surface area contributed by atoms with E-state index in [0.29, 0.717) is 16.1 Å². The zero-order chi connectivity index (χ0) is 15.1. The molecule has 4 nitrogen and oxygen atoms in total. The first-order valence-electron chi connectivity index (χ1n) is 5.80. The van der Waals surface area contributed by atoms with Crippen molar-refractivity contribution in [1.29, 1.82) is 0 Å². The Balaban J connectivity index is 2.07. The molecule has 0 aliphatic carbocycles. The second-order valence-electron chi connectivity index (χ2n) is 4.31. The fourth-order valence-corrected chi connectivity index (χ4v) is 3.13. The van der Waals surface area contributed by atoms with E-state index in [9.17, 15) is 8.78 Å². The third-order valence-corrected chi connectivity index (χ3v) is 4.80. The molecule has 0 atom stereocenters. The number of nitrogens with two attached hydrogens (primary N) is 1. The molecule has 0 amide bonds. The highest BCUT2D eigenvalue weighted by molar-refractivity contribution is 9.10. The van der Waals surface area contributed by atoms with E-state index < -0.39 is 11.6 Å². The highest BCUT2D eigenvalue weighted by atomic mass is 79.9. The molecule has 0 bridgehead atoms. The lowest BCUT2D eigenvalue weighted by atomic mass is 10.2. The molecule has 0 aliphatic heterocycles. The first-order valence-corrected chi connectivity index (χ1v) is 7.47. The van der Waals surface area contributed by atoms with Gasteiger partial charge in [0.25, 0.3) is 5.89 Å². The maximum Gasteiger partial charge on any atom is 0.270 e. The van der Waals surface area contributed by atoms with Crippen LogP contribution in [0.1, 0.15) is 5.56 Å². The fraction of sp³-hybridized carbons (Fsp3) is 0.0769. The standard InChI is InChI=1S/C13H8BrF2N3OS/c1-5-4-21-11(10(5)17)13-18-12(19-20-13)6-2-3-7(15)9(16)8(6)14/h2-4H,17H2,1H3. The van der Waals surface area contributed by atoms with Crippen LogP contribution in [0, 0.1) is 18.6 Å². The molecule has 0 unspecified atom stereocenters. The van der Waals surface area contributed by atoms with Gasteiger partial charge < -0.3 is 10.3 Å². The van der Waals surface area contributed by atoms with E-state index in [1.54, 1.807) is 0 Å². The smallest absolute Gasteiger partial charge is 0.270 e. The minimum atomic E-state index is -0.995. The third-order valence-electron chi connectivity index (χ3n) is 2.92. The Morgan fingerprint density at radius 1 is 1.33 bits per heavy atom. The SMILES string of the molecule is Cc1csc(-c2nc(-c3ccc(F)c(F)c3Br)no2)c1N. The van der Waals surface area contributed by atoms with Gasteiger partial charge in [0.1, 0.15) is 4.88 Å². The topological polar surface area (TPSA) is 64.9 Å². The summed E-state index contributed by atoms with van der Waals surface area (Å²) in [7, 11) is 0. The van der Waals surface area contributed by atoms with Crippen molar-refractivity contribution < 1.29 is 13.3 Å². The molecular formula is C13H8BrF2N3OS. The fourth-order valence-electron chi connectivity index (χ4n) is 1.74. The number of anilines is 1. The summed E-state index contributed by atoms with van der Waals surface area (Å²) in [5.74, 6) is -1.55. The molecule has 0 saturated carbocycles. The van der Waals surface area contributed by atoms with Gasteiger partial charge >= 0.3 is 0 Å². The summed E-state index contributed by atoms with van der Waals surface area (Å²) in [6.45, 7) is 1.87. The van der Waals surface area contributed by atoms with Gasteiger partial charge in [0, 0.05) is 5.56 Å². The lowest BCUT2D eigenvalue weighted by Crippen LogP contribution is -1.91. The van der Waals surface area contributed by atoms with Crippen LogP contribution in [0.3, 0.4) is 0 Å². The Morgan fingerprint density at radius 3 is 2.76 bits per heavy atom. The average Bonchev–Trinajstić information content (AvgIpc) is 3.05. The quantitative estimate of drug-likeness (QED) is 0.678. The van der Waals surface area contributed by atoms with Crippen LogP contribution >= 0.6 is 27.3 Å². The predicted molar refractivity (Wildman–Crippen MR) is 79.8 cm³/mol. The Morgan fingerprint density at radius 2 is 2.10 bits per heavy atom. The Kier molecular flexibility index (Phi) is 3.50. The molecule has 8 heteroatoms. The second-order valence-corrected chi connectivity index (χ2v) is 5.98. The summed E-state index contributed by atoms with van der Waals surface area (Å²) in [4.78, 5) is 4.85. The summed E-state index contributed by atoms with van der Waals surface area (Å²) >= 11 is 4.37. The van der Waals surface area contributed by atoms with Crippen molar-refractivity contribution in [3.63, 3.8) is 0 Å². The summed E-state index contributed by atoms with van der Waals surface area (Å²) < 4.78 is 31.8. The number of thiophene rings is 1. The number of aromatic nitrogens is 2. The second kappa shape index (κ2) is 5.19. The third kappa shape index (κ3) is 2.34. The lowest BCUT2D eigenvalue weighted by molar-refractivity contribution is 0.433. The summed E-state index contributed by atoms with van der Waals surface area (Å²) in [6, 6.07) is 2.38. The molecular weight excluding hydrogens is 364 g/mol. The number of benzene rings is 1. The van der Waals surface area contributed by atoms with Gasteiger partial charge in [-0.3, -0.25) is 0 Å². The minimum absolute atomic E-state index is 0.0508. The minimum Gasteiger partial charge on any atom is -0.397 e. The van der Waals surface area contributed by atoms with E-state index in [1.807, 2.05) is 12.3 Å². The number of hydrogen-bond acceptors (Lipinski definition) is 5. The van der Waals surface area contributed by atoms with E-state index >= 15 is 0 Å². The molecule has 108 valence electrons. The molecule has 21 heavy (non-hydrogen) atoms. The Hall–Kier alpha value is -1.80. The zero-order valence-electron chi connectivity index (χ0n) is 10.7. The van der Waals surface area contributed by atoms with E-state index in [2.05, 4.69) is 26.1 Å². The maximum absolute atomic E-state index is 13.5. The van der Waals surface area contributed by atoms with Crippen molar-refractivity contribution in [3.8, 4) is 22.2 Å². The molecule has 3 rings (SSSR count). The molecule has 0 fully saturated rings. The van der Waals surface area contributed by atoms with E-state index in [0.717, 1.165) is 11.6 Å². The van der Waals surface area contributed by atoms with Gasteiger partial charge in [-0.1, -0.05) is 5.16 Å². The van der Waals surface area contributed by atoms with Crippen LogP contribution in [0.25, 0.3) is 22.2 Å². The van der Waals surface area contributed by atoms with Gasteiger partial charge in [0.2, 0.25) is 5.82 Å². The first-order chi connectivity index (χ1) is 9.99. The van der Waals surface area contributed by atoms with E-state index in [-0.39, 0.29) is 16.2 Å². The van der Waals surface area contributed by atoms with Crippen molar-refractivity contribution in [2.75, 3.05) is 5.73 Å². The van der Waals surface area contributed by atoms with Crippen molar-refractivity contribution in [1.82, 2.24) is 10.1 Å². The van der Waals surface area contributed by atoms with Gasteiger partial charge in [0.15, 0.2) is 11.6 Å². The van der Waals surface area contributed by atoms with Crippen molar-refractivity contribution in [2.45, 2.75) is 6.92 Å². The number of halogens is 3. The average molecular weight is 372 g/mol. The van der Waals surface area contributed by atoms with Gasteiger partial charge in [-0.15, -0.1) is 11.3 Å². The van der Waals surface area contributed by atoms with E-state index in [4.69, 9.17) is 10.3 Å². The molecule has 2 N–H and O–H groups in total. The largest absolute Gasteiger partial charge is 0.397 e. The molecule has 2 aromatic heterocycles. The molecule has 1 aromatic carbocycles. The zero-order valence-corrected chi connectivity index (χ0v) is 13.1. The predicted octanol–water partition coefficient (Wildman–Crippen LogP) is 4.40. The number of rotatable bonds is 2. The van der Waals surface area contributed by atoms with Gasteiger partial charge in [-0.05, 0) is 45.9 Å². The lowest BCUT2D eigenvalue weighted by Gasteiger charge is -2.00. The highest BCUT2D eigenvalue weighted by Crippen LogP contribution is 2.36. The number of nitrogens with zero attached hydrogens (tertiary/aromatic N) is 2. The van der Waals surface area contributed by atoms with Crippen LogP contribution in [0.5, 0.6) is 0 Å². The summed E-state index contributed by atoms with van der Waals surface area (Å²) in [5, 5.41) is 5.67. The molecule has 3 aromatic rings. The van der Waals surface area contributed by atoms with E-state index in [1.165, 1.54) is 17.4 Å². The van der Waals surface area contributed by atoms with Crippen LogP contribution < -0.4 is 5.73 Å². The van der Waals surface area contributed by atoms with Gasteiger partial charge in [-0.2, -0.15) is 4.98 Å².